The summed E-state index contributed by atoms with van der Waals surface area (Å²) in [5, 5.41) is 0. The van der Waals surface area contributed by atoms with Gasteiger partial charge in [0.25, 0.3) is 0 Å². The number of hydrogen-bond donors (Lipinski definition) is 1. The number of carbonyl (C=O) groups excluding carboxylic acids is 1. The summed E-state index contributed by atoms with van der Waals surface area (Å²) in [5.74, 6) is 1.53. The van der Waals surface area contributed by atoms with Crippen molar-refractivity contribution in [1.82, 2.24) is 4.90 Å². The predicted molar refractivity (Wildman–Crippen MR) is 84.1 cm³/mol. The summed E-state index contributed by atoms with van der Waals surface area (Å²) in [6.07, 6.45) is 0. The Bertz CT molecular complexity index is 382. The molecule has 1 unspecified atom stereocenters. The molecule has 18 heavy (non-hydrogen) atoms. The highest BCUT2D eigenvalue weighted by Gasteiger charge is 2.13. The van der Waals surface area contributed by atoms with Gasteiger partial charge in [0, 0.05) is 23.2 Å². The van der Waals surface area contributed by atoms with E-state index in [2.05, 4.69) is 22.0 Å². The molecule has 1 aromatic rings. The Morgan fingerprint density at radius 1 is 1.61 bits per heavy atom. The number of rotatable bonds is 7. The number of amides is 1. The summed E-state index contributed by atoms with van der Waals surface area (Å²) in [7, 11) is 0. The minimum atomic E-state index is 0.145. The third-order valence-electron chi connectivity index (χ3n) is 2.32. The van der Waals surface area contributed by atoms with E-state index in [1.54, 1.807) is 23.1 Å². The number of hydrogen-bond acceptors (Lipinski definition) is 4. The first-order chi connectivity index (χ1) is 8.52. The number of nitrogens with zero attached hydrogens (tertiary/aromatic N) is 1. The van der Waals surface area contributed by atoms with Gasteiger partial charge < -0.3 is 10.6 Å². The van der Waals surface area contributed by atoms with Crippen LogP contribution in [0.4, 0.5) is 0 Å². The van der Waals surface area contributed by atoms with Crippen LogP contribution < -0.4 is 5.73 Å². The van der Waals surface area contributed by atoms with Gasteiger partial charge in [-0.25, -0.2) is 0 Å². The molecule has 0 radical (unpaired) electrons. The van der Waals surface area contributed by atoms with Crippen molar-refractivity contribution in [1.29, 1.82) is 0 Å². The molecule has 0 aliphatic heterocycles. The van der Waals surface area contributed by atoms with Crippen molar-refractivity contribution >= 4 is 44.9 Å². The van der Waals surface area contributed by atoms with Gasteiger partial charge in [-0.2, -0.15) is 11.8 Å². The zero-order valence-electron chi connectivity index (χ0n) is 10.7. The quantitative estimate of drug-likeness (QED) is 0.822. The molecule has 0 saturated carbocycles. The fraction of sp³-hybridized carbons (Fsp3) is 0.583. The summed E-state index contributed by atoms with van der Waals surface area (Å²) in [6.45, 7) is 5.41. The Kier molecular flexibility index (Phi) is 7.29. The van der Waals surface area contributed by atoms with Crippen LogP contribution in [-0.4, -0.2) is 34.9 Å². The van der Waals surface area contributed by atoms with Crippen LogP contribution in [0.2, 0.25) is 0 Å². The zero-order chi connectivity index (χ0) is 13.5. The van der Waals surface area contributed by atoms with Gasteiger partial charge in [-0.3, -0.25) is 4.79 Å². The Morgan fingerprint density at radius 2 is 2.33 bits per heavy atom. The monoisotopic (exact) mass is 350 g/mol. The van der Waals surface area contributed by atoms with Crippen molar-refractivity contribution in [3.63, 3.8) is 0 Å². The maximum Gasteiger partial charge on any atom is 0.232 e. The van der Waals surface area contributed by atoms with Crippen LogP contribution in [0.25, 0.3) is 0 Å². The van der Waals surface area contributed by atoms with Crippen molar-refractivity contribution in [3.05, 3.63) is 20.8 Å². The standard InChI is InChI=1S/C12H19BrN2OS2/c1-3-15(6-10-4-5-11(13)18-10)12(16)8-17-7-9(2)14/h4-5,9H,3,6-8,14H2,1-2H3. The third kappa shape index (κ3) is 5.73. The lowest BCUT2D eigenvalue weighted by Crippen LogP contribution is -2.32. The topological polar surface area (TPSA) is 46.3 Å². The van der Waals surface area contributed by atoms with E-state index in [4.69, 9.17) is 5.73 Å². The van der Waals surface area contributed by atoms with Gasteiger partial charge in [-0.1, -0.05) is 0 Å². The Balaban J connectivity index is 2.42. The van der Waals surface area contributed by atoms with Crippen LogP contribution in [0.5, 0.6) is 0 Å². The number of halogens is 1. The molecule has 0 aliphatic carbocycles. The van der Waals surface area contributed by atoms with Gasteiger partial charge in [-0.05, 0) is 41.9 Å². The average molecular weight is 351 g/mol. The van der Waals surface area contributed by atoms with Crippen LogP contribution in [0.15, 0.2) is 15.9 Å². The van der Waals surface area contributed by atoms with Crippen molar-refractivity contribution in [2.45, 2.75) is 26.4 Å². The molecule has 0 spiro atoms. The molecule has 1 aromatic heterocycles. The second-order valence-electron chi connectivity index (χ2n) is 4.11. The maximum atomic E-state index is 12.0. The molecule has 102 valence electrons. The first-order valence-corrected chi connectivity index (χ1v) is 8.64. The minimum Gasteiger partial charge on any atom is -0.337 e. The molecule has 0 fully saturated rings. The molecule has 2 N–H and O–H groups in total. The summed E-state index contributed by atoms with van der Waals surface area (Å²) >= 11 is 6.72. The van der Waals surface area contributed by atoms with Gasteiger partial charge in [-0.15, -0.1) is 11.3 Å². The molecule has 1 rings (SSSR count). The Labute approximate surface area is 125 Å². The van der Waals surface area contributed by atoms with Gasteiger partial charge in [0.1, 0.15) is 0 Å². The molecule has 3 nitrogen and oxygen atoms in total. The largest absolute Gasteiger partial charge is 0.337 e. The van der Waals surface area contributed by atoms with Crippen molar-refractivity contribution in [2.24, 2.45) is 5.73 Å². The van der Waals surface area contributed by atoms with E-state index in [0.717, 1.165) is 16.1 Å². The molecule has 6 heteroatoms. The maximum absolute atomic E-state index is 12.0. The molecular weight excluding hydrogens is 332 g/mol. The predicted octanol–water partition coefficient (Wildman–Crippen LogP) is 2.94. The first-order valence-electron chi connectivity index (χ1n) is 5.88. The second-order valence-corrected chi connectivity index (χ2v) is 7.68. The van der Waals surface area contributed by atoms with Gasteiger partial charge in [0.15, 0.2) is 0 Å². The third-order valence-corrected chi connectivity index (χ3v) is 5.14. The highest BCUT2D eigenvalue weighted by molar-refractivity contribution is 9.11. The van der Waals surface area contributed by atoms with Crippen LogP contribution >= 0.6 is 39.0 Å². The highest BCUT2D eigenvalue weighted by Crippen LogP contribution is 2.23. The van der Waals surface area contributed by atoms with E-state index in [1.807, 2.05) is 24.8 Å². The summed E-state index contributed by atoms with van der Waals surface area (Å²) in [4.78, 5) is 15.1. The molecule has 1 amide bonds. The minimum absolute atomic E-state index is 0.145. The second kappa shape index (κ2) is 8.19. The summed E-state index contributed by atoms with van der Waals surface area (Å²) in [6, 6.07) is 4.22. The average Bonchev–Trinajstić information content (AvgIpc) is 2.71. The van der Waals surface area contributed by atoms with Crippen molar-refractivity contribution < 1.29 is 4.79 Å². The number of thiophene rings is 1. The van der Waals surface area contributed by atoms with E-state index in [0.29, 0.717) is 12.3 Å². The fourth-order valence-corrected chi connectivity index (χ4v) is 3.77. The van der Waals surface area contributed by atoms with Crippen LogP contribution in [0.3, 0.4) is 0 Å². The van der Waals surface area contributed by atoms with E-state index in [9.17, 15) is 4.79 Å². The molecule has 1 atom stereocenters. The first kappa shape index (κ1) is 16.0. The fourth-order valence-electron chi connectivity index (χ4n) is 1.42. The van der Waals surface area contributed by atoms with Crippen LogP contribution in [-0.2, 0) is 11.3 Å². The molecular formula is C12H19BrN2OS2. The van der Waals surface area contributed by atoms with Gasteiger partial charge >= 0.3 is 0 Å². The Hall–Kier alpha value is -0.0400. The Morgan fingerprint density at radius 3 is 2.83 bits per heavy atom. The number of nitrogens with two attached hydrogens (primary N) is 1. The number of thioether (sulfide) groups is 1. The molecule has 1 heterocycles. The van der Waals surface area contributed by atoms with Crippen LogP contribution in [0, 0.1) is 0 Å². The van der Waals surface area contributed by atoms with E-state index in [1.165, 1.54) is 4.88 Å². The SMILES string of the molecule is CCN(Cc1ccc(Br)s1)C(=O)CSCC(C)N. The zero-order valence-corrected chi connectivity index (χ0v) is 13.9. The van der Waals surface area contributed by atoms with E-state index >= 15 is 0 Å². The van der Waals surface area contributed by atoms with Crippen molar-refractivity contribution in [3.8, 4) is 0 Å². The summed E-state index contributed by atoms with van der Waals surface area (Å²) in [5.41, 5.74) is 5.66. The van der Waals surface area contributed by atoms with Crippen LogP contribution in [0.1, 0.15) is 18.7 Å². The molecule has 0 aliphatic rings. The highest BCUT2D eigenvalue weighted by atomic mass is 79.9. The summed E-state index contributed by atoms with van der Waals surface area (Å²) < 4.78 is 1.10. The normalized spacial score (nSPS) is 12.4. The smallest absolute Gasteiger partial charge is 0.232 e. The lowest BCUT2D eigenvalue weighted by molar-refractivity contribution is -0.128. The molecule has 0 aromatic carbocycles. The molecule has 0 saturated heterocycles. The lowest BCUT2D eigenvalue weighted by atomic mass is 10.4. The van der Waals surface area contributed by atoms with E-state index < -0.39 is 0 Å². The van der Waals surface area contributed by atoms with E-state index in [-0.39, 0.29) is 11.9 Å². The van der Waals surface area contributed by atoms with Gasteiger partial charge in [0.05, 0.1) is 16.1 Å². The van der Waals surface area contributed by atoms with Gasteiger partial charge in [0.2, 0.25) is 5.91 Å². The lowest BCUT2D eigenvalue weighted by Gasteiger charge is -2.20. The molecule has 0 bridgehead atoms. The van der Waals surface area contributed by atoms with Crippen molar-refractivity contribution in [2.75, 3.05) is 18.1 Å². The number of carbonyl (C=O) groups is 1.